The van der Waals surface area contributed by atoms with E-state index < -0.39 is 0 Å². The van der Waals surface area contributed by atoms with E-state index in [4.69, 9.17) is 5.64 Å². The van der Waals surface area contributed by atoms with Gasteiger partial charge in [0.2, 0.25) is 7.41 Å². The Hall–Kier alpha value is -0.445. The van der Waals surface area contributed by atoms with Crippen LogP contribution in [-0.4, -0.2) is 20.0 Å². The minimum absolute atomic E-state index is 0.758. The van der Waals surface area contributed by atoms with Crippen LogP contribution in [0.15, 0.2) is 35.0 Å². The van der Waals surface area contributed by atoms with Gasteiger partial charge in [-0.25, -0.2) is 0 Å². The molecule has 81 valence electrons. The molecule has 0 aromatic carbocycles. The van der Waals surface area contributed by atoms with E-state index in [1.165, 1.54) is 17.7 Å². The lowest BCUT2D eigenvalue weighted by molar-refractivity contribution is 0.687. The van der Waals surface area contributed by atoms with E-state index in [-0.39, 0.29) is 0 Å². The van der Waals surface area contributed by atoms with Crippen LogP contribution < -0.4 is 11.0 Å². The van der Waals surface area contributed by atoms with Gasteiger partial charge >= 0.3 is 0 Å². The summed E-state index contributed by atoms with van der Waals surface area (Å²) in [6.45, 7) is 8.49. The molecule has 1 aliphatic rings. The van der Waals surface area contributed by atoms with Crippen molar-refractivity contribution in [2.75, 3.05) is 6.54 Å². The molecular weight excluding hydrogens is 203 g/mol. The van der Waals surface area contributed by atoms with Gasteiger partial charge in [0, 0.05) is 6.04 Å². The Kier molecular flexibility index (Phi) is 5.83. The molecule has 4 heteroatoms. The summed E-state index contributed by atoms with van der Waals surface area (Å²) in [5.74, 6) is 0. The van der Waals surface area contributed by atoms with Gasteiger partial charge in [-0.2, -0.15) is 0 Å². The first-order valence-electron chi connectivity index (χ1n) is 5.23. The van der Waals surface area contributed by atoms with Crippen molar-refractivity contribution in [2.45, 2.75) is 25.3 Å². The smallest absolute Gasteiger partial charge is 0.242 e. The molecular formula is C11H18BN2S. The first-order chi connectivity index (χ1) is 7.31. The van der Waals surface area contributed by atoms with Crippen LogP contribution in [-0.2, 0) is 0 Å². The van der Waals surface area contributed by atoms with Gasteiger partial charge in [-0.15, -0.1) is 11.8 Å². The zero-order chi connectivity index (χ0) is 11.1. The zero-order valence-corrected chi connectivity index (χ0v) is 9.85. The highest BCUT2D eigenvalue weighted by molar-refractivity contribution is 8.05. The van der Waals surface area contributed by atoms with E-state index >= 15 is 0 Å². The second kappa shape index (κ2) is 6.93. The van der Waals surface area contributed by atoms with Crippen LogP contribution in [0.1, 0.15) is 19.3 Å². The molecule has 0 aromatic rings. The summed E-state index contributed by atoms with van der Waals surface area (Å²) in [6.07, 6.45) is 5.43. The largest absolute Gasteiger partial charge is 0.370 e. The maximum absolute atomic E-state index is 5.54. The summed E-state index contributed by atoms with van der Waals surface area (Å²) in [7, 11) is 1.61. The predicted octanol–water partition coefficient (Wildman–Crippen LogP) is 1.98. The van der Waals surface area contributed by atoms with Crippen molar-refractivity contribution in [3.05, 3.63) is 35.0 Å². The van der Waals surface area contributed by atoms with Crippen LogP contribution in [0.3, 0.4) is 0 Å². The fourth-order valence-electron chi connectivity index (χ4n) is 1.32. The normalized spacial score (nSPS) is 16.9. The lowest BCUT2D eigenvalue weighted by Gasteiger charge is -2.09. The van der Waals surface area contributed by atoms with Crippen LogP contribution in [0.2, 0.25) is 0 Å². The van der Waals surface area contributed by atoms with Crippen LogP contribution in [0.4, 0.5) is 0 Å². The standard InChI is InChI=1S/C11H18BN2S/c1-3-10(12-13)11(15-4-2)7-8-14-9-5-6-9/h3-4,9,14H,1-2,5-8,13H2/b11-10+. The molecule has 1 rings (SSSR count). The zero-order valence-electron chi connectivity index (χ0n) is 9.04. The molecule has 0 heterocycles. The summed E-state index contributed by atoms with van der Waals surface area (Å²) in [6, 6.07) is 0.758. The highest BCUT2D eigenvalue weighted by Crippen LogP contribution is 2.24. The van der Waals surface area contributed by atoms with E-state index in [0.29, 0.717) is 0 Å². The number of hydrogen-bond donors (Lipinski definition) is 2. The predicted molar refractivity (Wildman–Crippen MR) is 70.6 cm³/mol. The second-order valence-electron chi connectivity index (χ2n) is 3.51. The average molecular weight is 221 g/mol. The molecule has 2 nitrogen and oxygen atoms in total. The van der Waals surface area contributed by atoms with E-state index in [1.54, 1.807) is 25.3 Å². The van der Waals surface area contributed by atoms with Gasteiger partial charge in [-0.1, -0.05) is 24.7 Å². The Bertz CT molecular complexity index is 259. The minimum Gasteiger partial charge on any atom is -0.370 e. The van der Waals surface area contributed by atoms with Gasteiger partial charge < -0.3 is 11.0 Å². The summed E-state index contributed by atoms with van der Waals surface area (Å²) >= 11 is 1.63. The van der Waals surface area contributed by atoms with E-state index in [1.807, 2.05) is 5.41 Å². The van der Waals surface area contributed by atoms with Crippen LogP contribution >= 0.6 is 11.8 Å². The van der Waals surface area contributed by atoms with Gasteiger partial charge in [-0.3, -0.25) is 0 Å². The Morgan fingerprint density at radius 3 is 2.73 bits per heavy atom. The van der Waals surface area contributed by atoms with Crippen molar-refractivity contribution >= 4 is 19.2 Å². The monoisotopic (exact) mass is 221 g/mol. The number of nitrogens with one attached hydrogen (secondary N) is 1. The average Bonchev–Trinajstić information content (AvgIpc) is 3.03. The Labute approximate surface area is 97.3 Å². The van der Waals surface area contributed by atoms with Crippen molar-refractivity contribution < 1.29 is 0 Å². The first kappa shape index (κ1) is 12.6. The Balaban J connectivity index is 2.42. The van der Waals surface area contributed by atoms with Crippen molar-refractivity contribution in [1.29, 1.82) is 0 Å². The molecule has 0 amide bonds. The third-order valence-electron chi connectivity index (χ3n) is 2.31. The van der Waals surface area contributed by atoms with Crippen LogP contribution in [0, 0.1) is 0 Å². The lowest BCUT2D eigenvalue weighted by Crippen LogP contribution is -2.18. The first-order valence-corrected chi connectivity index (χ1v) is 6.11. The molecule has 15 heavy (non-hydrogen) atoms. The quantitative estimate of drug-likeness (QED) is 0.486. The van der Waals surface area contributed by atoms with Crippen molar-refractivity contribution in [3.8, 4) is 0 Å². The second-order valence-corrected chi connectivity index (χ2v) is 4.57. The lowest BCUT2D eigenvalue weighted by atomic mass is 9.83. The van der Waals surface area contributed by atoms with Crippen LogP contribution in [0.25, 0.3) is 0 Å². The molecule has 1 radical (unpaired) electrons. The molecule has 0 aromatic heterocycles. The van der Waals surface area contributed by atoms with Gasteiger partial charge in [0.05, 0.1) is 0 Å². The van der Waals surface area contributed by atoms with Gasteiger partial charge in [0.15, 0.2) is 0 Å². The summed E-state index contributed by atoms with van der Waals surface area (Å²) in [5, 5.41) is 5.31. The fraction of sp³-hybridized carbons (Fsp3) is 0.455. The third kappa shape index (κ3) is 4.73. The molecule has 0 atom stereocenters. The number of thioether (sulfide) groups is 1. The third-order valence-corrected chi connectivity index (χ3v) is 3.20. The Morgan fingerprint density at radius 2 is 2.27 bits per heavy atom. The highest BCUT2D eigenvalue weighted by Gasteiger charge is 2.19. The van der Waals surface area contributed by atoms with Gasteiger partial charge in [0.25, 0.3) is 0 Å². The molecule has 0 bridgehead atoms. The maximum atomic E-state index is 5.54. The van der Waals surface area contributed by atoms with E-state index in [2.05, 4.69) is 18.5 Å². The van der Waals surface area contributed by atoms with Crippen molar-refractivity contribution in [2.24, 2.45) is 5.64 Å². The molecule has 0 aliphatic heterocycles. The van der Waals surface area contributed by atoms with E-state index in [9.17, 15) is 0 Å². The highest BCUT2D eigenvalue weighted by atomic mass is 32.2. The Morgan fingerprint density at radius 1 is 1.53 bits per heavy atom. The van der Waals surface area contributed by atoms with Crippen molar-refractivity contribution in [3.63, 3.8) is 0 Å². The van der Waals surface area contributed by atoms with Crippen LogP contribution in [0.5, 0.6) is 0 Å². The molecule has 1 fully saturated rings. The summed E-state index contributed by atoms with van der Waals surface area (Å²) < 4.78 is 0. The molecule has 0 spiro atoms. The maximum Gasteiger partial charge on any atom is 0.242 e. The SMILES string of the molecule is C=CS/C(CCNC1CC1)=C(/[B]N)C=C. The number of hydrogen-bond acceptors (Lipinski definition) is 3. The molecule has 0 saturated heterocycles. The molecule has 3 N–H and O–H groups in total. The molecule has 0 unspecified atom stereocenters. The number of allylic oxidation sites excluding steroid dienone is 2. The summed E-state index contributed by atoms with van der Waals surface area (Å²) in [4.78, 5) is 1.23. The minimum atomic E-state index is 0.758. The van der Waals surface area contributed by atoms with Gasteiger partial charge in [-0.05, 0) is 36.1 Å². The molecule has 1 aliphatic carbocycles. The number of nitrogens with two attached hydrogens (primary N) is 1. The van der Waals surface area contributed by atoms with E-state index in [0.717, 1.165) is 24.5 Å². The fourth-order valence-corrected chi connectivity index (χ4v) is 2.03. The molecule has 1 saturated carbocycles. The van der Waals surface area contributed by atoms with Gasteiger partial charge in [0.1, 0.15) is 0 Å². The topological polar surface area (TPSA) is 38.0 Å². The van der Waals surface area contributed by atoms with Crippen molar-refractivity contribution in [1.82, 2.24) is 5.32 Å². The number of rotatable bonds is 8. The summed E-state index contributed by atoms with van der Waals surface area (Å²) in [5.41, 5.74) is 6.55.